The van der Waals surface area contributed by atoms with Gasteiger partial charge in [0.2, 0.25) is 0 Å². The van der Waals surface area contributed by atoms with Crippen LogP contribution in [0, 0.1) is 0 Å². The number of nitrogens with zero attached hydrogens (tertiary/aromatic N) is 5. The SMILES string of the molecule is CCNc1ncn(C(=O)c2ccncc2)c2nc(C(C)C)nc1-2. The van der Waals surface area contributed by atoms with Gasteiger partial charge in [0.25, 0.3) is 5.91 Å². The van der Waals surface area contributed by atoms with E-state index in [2.05, 4.69) is 25.3 Å². The van der Waals surface area contributed by atoms with E-state index in [0.29, 0.717) is 35.3 Å². The smallest absolute Gasteiger partial charge is 0.264 e. The summed E-state index contributed by atoms with van der Waals surface area (Å²) in [5, 5.41) is 3.16. The Kier molecular flexibility index (Phi) is 4.01. The molecule has 23 heavy (non-hydrogen) atoms. The number of fused-ring (bicyclic) bond motifs is 1. The zero-order valence-electron chi connectivity index (χ0n) is 13.3. The van der Waals surface area contributed by atoms with Crippen molar-refractivity contribution in [3.8, 4) is 11.5 Å². The fourth-order valence-corrected chi connectivity index (χ4v) is 2.25. The van der Waals surface area contributed by atoms with Gasteiger partial charge in [0.1, 0.15) is 12.2 Å². The van der Waals surface area contributed by atoms with E-state index in [-0.39, 0.29) is 11.8 Å². The number of carbonyl (C=O) groups is 1. The predicted molar refractivity (Wildman–Crippen MR) is 86.7 cm³/mol. The largest absolute Gasteiger partial charge is 0.368 e. The molecule has 2 aliphatic heterocycles. The topological polar surface area (TPSA) is 85.6 Å². The minimum absolute atomic E-state index is 0.168. The lowest BCUT2D eigenvalue weighted by molar-refractivity contribution is 0.0959. The molecule has 0 unspecified atom stereocenters. The van der Waals surface area contributed by atoms with Gasteiger partial charge in [-0.15, -0.1) is 0 Å². The van der Waals surface area contributed by atoms with Crippen LogP contribution >= 0.6 is 0 Å². The summed E-state index contributed by atoms with van der Waals surface area (Å²) in [5.74, 6) is 1.81. The van der Waals surface area contributed by atoms with E-state index in [1.807, 2.05) is 20.8 Å². The van der Waals surface area contributed by atoms with Gasteiger partial charge in [-0.2, -0.15) is 0 Å². The number of carbonyl (C=O) groups excluding carboxylic acids is 1. The average Bonchev–Trinajstić information content (AvgIpc) is 3.01. The standard InChI is InChI=1S/C16H18N6O/c1-4-18-14-12-15(21-13(20-12)10(2)3)22(9-19-14)16(23)11-5-7-17-8-6-11/h5-10,18H,4H2,1-3H3. The van der Waals surface area contributed by atoms with Crippen molar-refractivity contribution in [2.45, 2.75) is 26.7 Å². The molecule has 3 heterocycles. The van der Waals surface area contributed by atoms with Crippen LogP contribution < -0.4 is 5.32 Å². The second-order valence-electron chi connectivity index (χ2n) is 5.44. The molecule has 1 aromatic heterocycles. The monoisotopic (exact) mass is 310 g/mol. The van der Waals surface area contributed by atoms with Crippen molar-refractivity contribution in [3.63, 3.8) is 0 Å². The van der Waals surface area contributed by atoms with Crippen LogP contribution in [0.5, 0.6) is 0 Å². The van der Waals surface area contributed by atoms with Gasteiger partial charge in [-0.25, -0.2) is 19.5 Å². The van der Waals surface area contributed by atoms with Crippen LogP contribution in [0.15, 0.2) is 30.9 Å². The summed E-state index contributed by atoms with van der Waals surface area (Å²) < 4.78 is 1.43. The molecule has 1 N–H and O–H groups in total. The third-order valence-electron chi connectivity index (χ3n) is 3.42. The van der Waals surface area contributed by atoms with Crippen LogP contribution in [0.3, 0.4) is 0 Å². The molecule has 7 nitrogen and oxygen atoms in total. The lowest BCUT2D eigenvalue weighted by Gasteiger charge is -2.12. The number of pyridine rings is 1. The first-order valence-electron chi connectivity index (χ1n) is 7.55. The van der Waals surface area contributed by atoms with Crippen LogP contribution in [0.1, 0.15) is 42.9 Å². The zero-order chi connectivity index (χ0) is 16.4. The fraction of sp³-hybridized carbons (Fsp3) is 0.312. The van der Waals surface area contributed by atoms with E-state index < -0.39 is 0 Å². The Morgan fingerprint density at radius 2 is 2.00 bits per heavy atom. The van der Waals surface area contributed by atoms with Gasteiger partial charge in [-0.05, 0) is 19.1 Å². The Hall–Kier alpha value is -2.83. The van der Waals surface area contributed by atoms with Gasteiger partial charge in [0, 0.05) is 30.4 Å². The lowest BCUT2D eigenvalue weighted by Crippen LogP contribution is -2.17. The second kappa shape index (κ2) is 6.12. The molecule has 1 aromatic rings. The maximum absolute atomic E-state index is 12.7. The van der Waals surface area contributed by atoms with Gasteiger partial charge in [0.05, 0.1) is 0 Å². The second-order valence-corrected chi connectivity index (χ2v) is 5.44. The molecule has 0 radical (unpaired) electrons. The molecular weight excluding hydrogens is 292 g/mol. The molecule has 0 spiro atoms. The lowest BCUT2D eigenvalue weighted by atomic mass is 10.2. The number of rotatable bonds is 4. The molecule has 0 aromatic carbocycles. The van der Waals surface area contributed by atoms with E-state index in [1.165, 1.54) is 10.9 Å². The molecule has 118 valence electrons. The normalized spacial score (nSPS) is 11.1. The van der Waals surface area contributed by atoms with Gasteiger partial charge in [-0.3, -0.25) is 9.78 Å². The van der Waals surface area contributed by atoms with Crippen LogP contribution in [0.2, 0.25) is 0 Å². The summed E-state index contributed by atoms with van der Waals surface area (Å²) >= 11 is 0. The first-order chi connectivity index (χ1) is 11.1. The van der Waals surface area contributed by atoms with E-state index >= 15 is 0 Å². The van der Waals surface area contributed by atoms with Gasteiger partial charge in [0.15, 0.2) is 17.3 Å². The number of aromatic nitrogens is 5. The third-order valence-corrected chi connectivity index (χ3v) is 3.42. The molecule has 3 rings (SSSR count). The van der Waals surface area contributed by atoms with Crippen molar-refractivity contribution in [1.82, 2.24) is 24.5 Å². The number of anilines is 1. The van der Waals surface area contributed by atoms with E-state index in [4.69, 9.17) is 0 Å². The Morgan fingerprint density at radius 3 is 2.65 bits per heavy atom. The minimum Gasteiger partial charge on any atom is -0.368 e. The molecular formula is C16H18N6O. The molecule has 0 atom stereocenters. The van der Waals surface area contributed by atoms with Crippen LogP contribution in [0.25, 0.3) is 11.5 Å². The molecule has 2 aliphatic rings. The molecule has 0 amide bonds. The number of hydrogen-bond donors (Lipinski definition) is 1. The van der Waals surface area contributed by atoms with Crippen molar-refractivity contribution in [2.24, 2.45) is 0 Å². The summed E-state index contributed by atoms with van der Waals surface area (Å²) in [6.07, 6.45) is 4.66. The highest BCUT2D eigenvalue weighted by atomic mass is 16.2. The average molecular weight is 310 g/mol. The van der Waals surface area contributed by atoms with Crippen molar-refractivity contribution >= 4 is 11.7 Å². The van der Waals surface area contributed by atoms with Crippen molar-refractivity contribution in [2.75, 3.05) is 11.9 Å². The molecule has 0 aliphatic carbocycles. The highest BCUT2D eigenvalue weighted by Gasteiger charge is 2.24. The van der Waals surface area contributed by atoms with E-state index in [0.717, 1.165) is 0 Å². The Labute approximate surface area is 134 Å². The fourth-order valence-electron chi connectivity index (χ4n) is 2.25. The van der Waals surface area contributed by atoms with Gasteiger partial charge >= 0.3 is 0 Å². The van der Waals surface area contributed by atoms with Gasteiger partial charge in [-0.1, -0.05) is 13.8 Å². The van der Waals surface area contributed by atoms with E-state index in [9.17, 15) is 4.79 Å². The van der Waals surface area contributed by atoms with Crippen molar-refractivity contribution in [1.29, 1.82) is 0 Å². The Morgan fingerprint density at radius 1 is 1.26 bits per heavy atom. The summed E-state index contributed by atoms with van der Waals surface area (Å²) in [4.78, 5) is 30.1. The summed E-state index contributed by atoms with van der Waals surface area (Å²) in [6.45, 7) is 6.73. The van der Waals surface area contributed by atoms with Crippen LogP contribution in [-0.4, -0.2) is 37.0 Å². The zero-order valence-corrected chi connectivity index (χ0v) is 13.3. The molecule has 0 bridgehead atoms. The number of nitrogens with one attached hydrogen (secondary N) is 1. The maximum atomic E-state index is 12.7. The number of hydrogen-bond acceptors (Lipinski definition) is 6. The van der Waals surface area contributed by atoms with Crippen LogP contribution in [0.4, 0.5) is 5.82 Å². The summed E-state index contributed by atoms with van der Waals surface area (Å²) in [7, 11) is 0. The highest BCUT2D eigenvalue weighted by Crippen LogP contribution is 2.28. The summed E-state index contributed by atoms with van der Waals surface area (Å²) in [5.41, 5.74) is 1.14. The molecule has 0 saturated heterocycles. The summed E-state index contributed by atoms with van der Waals surface area (Å²) in [6, 6.07) is 3.33. The highest BCUT2D eigenvalue weighted by molar-refractivity contribution is 5.98. The van der Waals surface area contributed by atoms with E-state index in [1.54, 1.807) is 24.5 Å². The quantitative estimate of drug-likeness (QED) is 0.796. The van der Waals surface area contributed by atoms with Crippen molar-refractivity contribution in [3.05, 3.63) is 42.2 Å². The molecule has 0 saturated carbocycles. The first kappa shape index (κ1) is 15.1. The van der Waals surface area contributed by atoms with Crippen LogP contribution in [-0.2, 0) is 0 Å². The minimum atomic E-state index is -0.205. The van der Waals surface area contributed by atoms with Crippen molar-refractivity contribution < 1.29 is 4.79 Å². The Balaban J connectivity index is 2.14. The molecule has 0 fully saturated rings. The maximum Gasteiger partial charge on any atom is 0.264 e. The third kappa shape index (κ3) is 2.77. The predicted octanol–water partition coefficient (Wildman–Crippen LogP) is 2.42. The Bertz CT molecular complexity index is 796. The number of imidazole rings is 1. The van der Waals surface area contributed by atoms with Gasteiger partial charge < -0.3 is 5.32 Å². The molecule has 7 heteroatoms. The first-order valence-corrected chi connectivity index (χ1v) is 7.55.